The number of halogens is 2. The van der Waals surface area contributed by atoms with Gasteiger partial charge in [-0.25, -0.2) is 18.3 Å². The molecule has 3 aromatic carbocycles. The van der Waals surface area contributed by atoms with Crippen molar-refractivity contribution in [3.8, 4) is 5.75 Å². The molecular weight excluding hydrogens is 506 g/mol. The highest BCUT2D eigenvalue weighted by atomic mass is 32.2. The molecule has 3 N–H and O–H groups in total. The summed E-state index contributed by atoms with van der Waals surface area (Å²) in [5.41, 5.74) is -0.527. The van der Waals surface area contributed by atoms with E-state index in [2.05, 4.69) is 5.32 Å². The van der Waals surface area contributed by atoms with E-state index in [-0.39, 0.29) is 6.42 Å². The zero-order valence-electron chi connectivity index (χ0n) is 19.9. The Balaban J connectivity index is 1.55. The fraction of sp³-hybridized carbons (Fsp3) is 0.200. The lowest BCUT2D eigenvalue weighted by Gasteiger charge is -2.26. The van der Waals surface area contributed by atoms with Gasteiger partial charge in [-0.15, -0.1) is 0 Å². The monoisotopic (exact) mass is 530 g/mol. The topological polar surface area (TPSA) is 117 Å². The van der Waals surface area contributed by atoms with Crippen LogP contribution in [0.3, 0.4) is 0 Å². The maximum Gasteiger partial charge on any atom is 0.330 e. The maximum atomic E-state index is 13.6. The van der Waals surface area contributed by atoms with E-state index in [0.717, 1.165) is 17.7 Å². The molecule has 0 spiro atoms. The van der Waals surface area contributed by atoms with Gasteiger partial charge < -0.3 is 15.0 Å². The normalized spacial score (nSPS) is 18.4. The van der Waals surface area contributed by atoms with Gasteiger partial charge in [0.05, 0.1) is 12.8 Å². The Bertz CT molecular complexity index is 1400. The Morgan fingerprint density at radius 2 is 1.62 bits per heavy atom. The molecule has 1 saturated carbocycles. The summed E-state index contributed by atoms with van der Waals surface area (Å²) in [5.74, 6) is -2.28. The van der Waals surface area contributed by atoms with Crippen LogP contribution in [0, 0.1) is 11.6 Å². The van der Waals surface area contributed by atoms with E-state index >= 15 is 0 Å². The Morgan fingerprint density at radius 3 is 2.22 bits per heavy atom. The number of nitrogens with one attached hydrogen (secondary N) is 3. The number of nitrogens with zero attached hydrogens (tertiary/aromatic N) is 1. The van der Waals surface area contributed by atoms with Gasteiger partial charge >= 0.3 is 16.2 Å². The Kier molecular flexibility index (Phi) is 7.03. The van der Waals surface area contributed by atoms with E-state index in [4.69, 9.17) is 4.74 Å². The number of amides is 3. The van der Waals surface area contributed by atoms with E-state index in [0.29, 0.717) is 17.5 Å². The van der Waals surface area contributed by atoms with Crippen LogP contribution in [0.15, 0.2) is 72.8 Å². The third kappa shape index (κ3) is 5.80. The number of hydrogen-bond acceptors (Lipinski definition) is 5. The van der Waals surface area contributed by atoms with Crippen LogP contribution in [-0.2, 0) is 15.0 Å². The van der Waals surface area contributed by atoms with E-state index in [1.54, 1.807) is 48.2 Å². The van der Waals surface area contributed by atoms with E-state index in [1.807, 2.05) is 22.9 Å². The zero-order chi connectivity index (χ0) is 26.8. The fourth-order valence-corrected chi connectivity index (χ4v) is 4.92. The second kappa shape index (κ2) is 10.1. The predicted octanol–water partition coefficient (Wildman–Crippen LogP) is 3.52. The van der Waals surface area contributed by atoms with Crippen molar-refractivity contribution >= 4 is 33.5 Å². The van der Waals surface area contributed by atoms with Crippen LogP contribution in [0.1, 0.15) is 17.9 Å². The molecule has 194 valence electrons. The third-order valence-corrected chi connectivity index (χ3v) is 6.95. The number of carbonyl (C=O) groups is 2. The van der Waals surface area contributed by atoms with Gasteiger partial charge in [-0.3, -0.25) is 9.52 Å². The summed E-state index contributed by atoms with van der Waals surface area (Å²) >= 11 is 0. The molecule has 4 rings (SSSR count). The van der Waals surface area contributed by atoms with Crippen molar-refractivity contribution in [1.29, 1.82) is 0 Å². The first kappa shape index (κ1) is 25.9. The van der Waals surface area contributed by atoms with E-state index < -0.39 is 50.9 Å². The van der Waals surface area contributed by atoms with Crippen molar-refractivity contribution in [1.82, 2.24) is 10.0 Å². The van der Waals surface area contributed by atoms with Crippen LogP contribution in [0.25, 0.3) is 0 Å². The number of methoxy groups -OCH3 is 1. The molecule has 37 heavy (non-hydrogen) atoms. The number of carbonyl (C=O) groups excluding carboxylic acids is 2. The summed E-state index contributed by atoms with van der Waals surface area (Å²) in [6.07, 6.45) is 0.229. The molecule has 2 atom stereocenters. The van der Waals surface area contributed by atoms with Crippen molar-refractivity contribution in [3.63, 3.8) is 0 Å². The molecule has 1 aliphatic rings. The standard InChI is InChI=1S/C25H24F2N4O5S/c1-31(20-8-10-21(36-2)11-9-20)23(32)25(15-22(25)16-6-4-3-5-7-16)28-24(33)30-37(34,35)29-19-13-17(26)12-18(27)14-19/h3-14,22,29H,15H2,1-2H3,(H2,28,30,33)/t22?,25-/m0/s1. The Hall–Kier alpha value is -4.19. The number of ether oxygens (including phenoxy) is 1. The minimum Gasteiger partial charge on any atom is -0.497 e. The van der Waals surface area contributed by atoms with Gasteiger partial charge in [-0.1, -0.05) is 30.3 Å². The number of urea groups is 1. The second-order valence-electron chi connectivity index (χ2n) is 8.52. The first-order valence-electron chi connectivity index (χ1n) is 11.1. The van der Waals surface area contributed by atoms with Crippen LogP contribution in [0.2, 0.25) is 0 Å². The highest BCUT2D eigenvalue weighted by molar-refractivity contribution is 7.91. The molecule has 12 heteroatoms. The van der Waals surface area contributed by atoms with E-state index in [1.165, 1.54) is 12.0 Å². The second-order valence-corrected chi connectivity index (χ2v) is 9.94. The molecule has 0 aliphatic heterocycles. The molecule has 0 bridgehead atoms. The van der Waals surface area contributed by atoms with Crippen molar-refractivity contribution in [2.24, 2.45) is 0 Å². The molecule has 9 nitrogen and oxygen atoms in total. The highest BCUT2D eigenvalue weighted by Crippen LogP contribution is 2.52. The summed E-state index contributed by atoms with van der Waals surface area (Å²) < 4.78 is 60.5. The largest absolute Gasteiger partial charge is 0.497 e. The van der Waals surface area contributed by atoms with Crippen molar-refractivity contribution in [2.45, 2.75) is 17.9 Å². The molecule has 3 amide bonds. The summed E-state index contributed by atoms with van der Waals surface area (Å²) in [4.78, 5) is 27.8. The van der Waals surface area contributed by atoms with Gasteiger partial charge in [0.1, 0.15) is 22.9 Å². The van der Waals surface area contributed by atoms with Gasteiger partial charge in [-0.05, 0) is 48.4 Å². The summed E-state index contributed by atoms with van der Waals surface area (Å²) in [7, 11) is -1.52. The summed E-state index contributed by atoms with van der Waals surface area (Å²) in [6.45, 7) is 0. The molecular formula is C25H24F2N4O5S. The number of likely N-dealkylation sites (N-methyl/N-ethyl adjacent to an activating group) is 1. The minimum atomic E-state index is -4.58. The predicted molar refractivity (Wildman–Crippen MR) is 134 cm³/mol. The molecule has 3 aromatic rings. The average molecular weight is 531 g/mol. The number of anilines is 2. The first-order chi connectivity index (χ1) is 17.5. The SMILES string of the molecule is COc1ccc(N(C)C(=O)[C@]2(NC(=O)NS(=O)(=O)Nc3cc(F)cc(F)c3)CC2c2ccccc2)cc1. The summed E-state index contributed by atoms with van der Waals surface area (Å²) in [5, 5.41) is 2.52. The lowest BCUT2D eigenvalue weighted by Crippen LogP contribution is -2.55. The Morgan fingerprint density at radius 1 is 1.00 bits per heavy atom. The Labute approximate surface area is 212 Å². The molecule has 0 saturated heterocycles. The van der Waals surface area contributed by atoms with Gasteiger partial charge in [0, 0.05) is 24.7 Å². The van der Waals surface area contributed by atoms with Crippen LogP contribution in [-0.4, -0.2) is 40.1 Å². The number of hydrogen-bond donors (Lipinski definition) is 3. The van der Waals surface area contributed by atoms with Crippen molar-refractivity contribution in [2.75, 3.05) is 23.8 Å². The summed E-state index contributed by atoms with van der Waals surface area (Å²) in [6, 6.07) is 16.6. The number of rotatable bonds is 8. The third-order valence-electron chi connectivity index (χ3n) is 5.99. The van der Waals surface area contributed by atoms with Crippen LogP contribution < -0.4 is 24.4 Å². The van der Waals surface area contributed by atoms with Crippen LogP contribution in [0.5, 0.6) is 5.75 Å². The smallest absolute Gasteiger partial charge is 0.330 e. The molecule has 0 radical (unpaired) electrons. The molecule has 1 unspecified atom stereocenters. The molecule has 1 aliphatic carbocycles. The van der Waals surface area contributed by atoms with Crippen molar-refractivity contribution in [3.05, 3.63) is 90.0 Å². The van der Waals surface area contributed by atoms with Gasteiger partial charge in [0.2, 0.25) is 0 Å². The minimum absolute atomic E-state index is 0.229. The molecule has 0 aromatic heterocycles. The lowest BCUT2D eigenvalue weighted by molar-refractivity contribution is -0.121. The van der Waals surface area contributed by atoms with Crippen LogP contribution in [0.4, 0.5) is 25.0 Å². The number of benzene rings is 3. The molecule has 0 heterocycles. The lowest BCUT2D eigenvalue weighted by atomic mass is 10.0. The average Bonchev–Trinajstić information content (AvgIpc) is 3.57. The van der Waals surface area contributed by atoms with Gasteiger partial charge in [0.25, 0.3) is 5.91 Å². The van der Waals surface area contributed by atoms with Gasteiger partial charge in [0.15, 0.2) is 0 Å². The zero-order valence-corrected chi connectivity index (χ0v) is 20.7. The molecule has 1 fully saturated rings. The highest BCUT2D eigenvalue weighted by Gasteiger charge is 2.63. The van der Waals surface area contributed by atoms with Crippen LogP contribution >= 0.6 is 0 Å². The van der Waals surface area contributed by atoms with E-state index in [9.17, 15) is 26.8 Å². The first-order valence-corrected chi connectivity index (χ1v) is 12.6. The van der Waals surface area contributed by atoms with Crippen molar-refractivity contribution < 1.29 is 31.5 Å². The van der Waals surface area contributed by atoms with Gasteiger partial charge in [-0.2, -0.15) is 8.42 Å². The maximum absolute atomic E-state index is 13.6. The fourth-order valence-electron chi connectivity index (χ4n) is 4.14. The quantitative estimate of drug-likeness (QED) is 0.412.